The number of rotatable bonds is 8. The molecule has 0 saturated heterocycles. The van der Waals surface area contributed by atoms with Crippen LogP contribution >= 0.6 is 0 Å². The Morgan fingerprint density at radius 1 is 1.32 bits per heavy atom. The van der Waals surface area contributed by atoms with Gasteiger partial charge in [0, 0.05) is 0 Å². The first-order chi connectivity index (χ1) is 8.76. The van der Waals surface area contributed by atoms with Crippen molar-refractivity contribution in [2.45, 2.75) is 64.5 Å². The highest BCUT2D eigenvalue weighted by molar-refractivity contribution is 5.84. The lowest BCUT2D eigenvalue weighted by Gasteiger charge is -2.22. The molecule has 110 valence electrons. The van der Waals surface area contributed by atoms with Crippen molar-refractivity contribution in [3.05, 3.63) is 12.7 Å². The van der Waals surface area contributed by atoms with E-state index >= 15 is 0 Å². The molecule has 3 N–H and O–H groups in total. The summed E-state index contributed by atoms with van der Waals surface area (Å²) in [4.78, 5) is 22.8. The Kier molecular flexibility index (Phi) is 7.87. The molecule has 5 heteroatoms. The van der Waals surface area contributed by atoms with Crippen molar-refractivity contribution in [2.75, 3.05) is 0 Å². The van der Waals surface area contributed by atoms with E-state index in [9.17, 15) is 9.59 Å². The molecular formula is C14H26N2O3. The van der Waals surface area contributed by atoms with Crippen LogP contribution in [-0.2, 0) is 9.53 Å². The smallest absolute Gasteiger partial charge is 0.408 e. The van der Waals surface area contributed by atoms with Crippen LogP contribution in [0.2, 0.25) is 0 Å². The molecule has 0 unspecified atom stereocenters. The lowest BCUT2D eigenvalue weighted by molar-refractivity contribution is -0.120. The van der Waals surface area contributed by atoms with Crippen molar-refractivity contribution in [1.82, 2.24) is 5.32 Å². The van der Waals surface area contributed by atoms with E-state index in [1.54, 1.807) is 20.8 Å². The maximum absolute atomic E-state index is 11.6. The lowest BCUT2D eigenvalue weighted by atomic mass is 10.1. The number of unbranched alkanes of at least 4 members (excludes halogenated alkanes) is 3. The van der Waals surface area contributed by atoms with E-state index in [0.29, 0.717) is 6.42 Å². The van der Waals surface area contributed by atoms with Gasteiger partial charge < -0.3 is 15.8 Å². The Hall–Kier alpha value is -1.52. The molecule has 2 amide bonds. The van der Waals surface area contributed by atoms with Crippen LogP contribution in [-0.4, -0.2) is 23.6 Å². The number of nitrogens with two attached hydrogens (primary N) is 1. The second-order valence-corrected chi connectivity index (χ2v) is 5.53. The molecule has 0 bridgehead atoms. The van der Waals surface area contributed by atoms with Crippen LogP contribution in [0.25, 0.3) is 0 Å². The molecule has 1 atom stereocenters. The number of nitrogens with one attached hydrogen (secondary N) is 1. The Morgan fingerprint density at radius 3 is 2.42 bits per heavy atom. The first kappa shape index (κ1) is 17.5. The maximum Gasteiger partial charge on any atom is 0.408 e. The monoisotopic (exact) mass is 270 g/mol. The van der Waals surface area contributed by atoms with Gasteiger partial charge in [0.05, 0.1) is 0 Å². The van der Waals surface area contributed by atoms with Crippen molar-refractivity contribution < 1.29 is 14.3 Å². The molecule has 0 aliphatic carbocycles. The number of carbonyl (C=O) groups is 2. The summed E-state index contributed by atoms with van der Waals surface area (Å²) >= 11 is 0. The predicted molar refractivity (Wildman–Crippen MR) is 75.6 cm³/mol. The maximum atomic E-state index is 11.6. The van der Waals surface area contributed by atoms with E-state index in [1.165, 1.54) is 0 Å². The van der Waals surface area contributed by atoms with E-state index in [2.05, 4.69) is 11.9 Å². The summed E-state index contributed by atoms with van der Waals surface area (Å²) in [7, 11) is 0. The number of ether oxygens (including phenoxy) is 1. The molecule has 0 rings (SSSR count). The molecule has 0 aromatic carbocycles. The fraction of sp³-hybridized carbons (Fsp3) is 0.714. The molecule has 0 aromatic heterocycles. The number of hydrogen-bond acceptors (Lipinski definition) is 3. The Balaban J connectivity index is 4.08. The topological polar surface area (TPSA) is 81.4 Å². The van der Waals surface area contributed by atoms with Crippen molar-refractivity contribution in [2.24, 2.45) is 5.73 Å². The zero-order chi connectivity index (χ0) is 14.9. The summed E-state index contributed by atoms with van der Waals surface area (Å²) in [5.41, 5.74) is 4.68. The largest absolute Gasteiger partial charge is 0.444 e. The second-order valence-electron chi connectivity index (χ2n) is 5.53. The van der Waals surface area contributed by atoms with E-state index in [0.717, 1.165) is 25.7 Å². The first-order valence-corrected chi connectivity index (χ1v) is 6.66. The van der Waals surface area contributed by atoms with Gasteiger partial charge in [-0.25, -0.2) is 4.79 Å². The minimum absolute atomic E-state index is 0.533. The van der Waals surface area contributed by atoms with E-state index in [1.807, 2.05) is 6.08 Å². The van der Waals surface area contributed by atoms with Gasteiger partial charge in [0.25, 0.3) is 0 Å². The van der Waals surface area contributed by atoms with Gasteiger partial charge in [0.1, 0.15) is 11.6 Å². The fourth-order valence-electron chi connectivity index (χ4n) is 1.55. The molecule has 0 radical (unpaired) electrons. The first-order valence-electron chi connectivity index (χ1n) is 6.66. The van der Waals surface area contributed by atoms with Gasteiger partial charge in [-0.3, -0.25) is 4.79 Å². The number of alkyl carbamates (subject to hydrolysis) is 1. The van der Waals surface area contributed by atoms with Crippen molar-refractivity contribution in [3.8, 4) is 0 Å². The number of amides is 2. The molecule has 0 spiro atoms. The van der Waals surface area contributed by atoms with Gasteiger partial charge in [-0.1, -0.05) is 18.9 Å². The van der Waals surface area contributed by atoms with Crippen LogP contribution in [0.15, 0.2) is 12.7 Å². The third-order valence-corrected chi connectivity index (χ3v) is 2.44. The Morgan fingerprint density at radius 2 is 1.95 bits per heavy atom. The highest BCUT2D eigenvalue weighted by Gasteiger charge is 2.22. The van der Waals surface area contributed by atoms with Crippen LogP contribution < -0.4 is 11.1 Å². The van der Waals surface area contributed by atoms with Gasteiger partial charge in [0.2, 0.25) is 5.91 Å². The van der Waals surface area contributed by atoms with Gasteiger partial charge in [0.15, 0.2) is 0 Å². The van der Waals surface area contributed by atoms with E-state index < -0.39 is 23.6 Å². The summed E-state index contributed by atoms with van der Waals surface area (Å²) in [5, 5.41) is 2.51. The predicted octanol–water partition coefficient (Wildman–Crippen LogP) is 2.50. The molecular weight excluding hydrogens is 244 g/mol. The zero-order valence-corrected chi connectivity index (χ0v) is 12.2. The molecule has 19 heavy (non-hydrogen) atoms. The molecule has 0 saturated carbocycles. The van der Waals surface area contributed by atoms with E-state index in [4.69, 9.17) is 10.5 Å². The van der Waals surface area contributed by atoms with Gasteiger partial charge in [-0.15, -0.1) is 6.58 Å². The Bertz CT molecular complexity index is 308. The van der Waals surface area contributed by atoms with Gasteiger partial charge in [-0.2, -0.15) is 0 Å². The lowest BCUT2D eigenvalue weighted by Crippen LogP contribution is -2.46. The van der Waals surface area contributed by atoms with Crippen LogP contribution in [0.5, 0.6) is 0 Å². The molecule has 0 aliphatic heterocycles. The van der Waals surface area contributed by atoms with Crippen LogP contribution in [0.1, 0.15) is 52.9 Å². The summed E-state index contributed by atoms with van der Waals surface area (Å²) in [6.07, 6.45) is 5.59. The number of allylic oxidation sites excluding steroid dienone is 1. The third kappa shape index (κ3) is 10.1. The number of carbonyl (C=O) groups excluding carboxylic acids is 2. The van der Waals surface area contributed by atoms with Crippen LogP contribution in [0.4, 0.5) is 4.79 Å². The average Bonchev–Trinajstić information content (AvgIpc) is 2.24. The Labute approximate surface area is 115 Å². The summed E-state index contributed by atoms with van der Waals surface area (Å²) in [5.74, 6) is -0.533. The van der Waals surface area contributed by atoms with Crippen molar-refractivity contribution in [3.63, 3.8) is 0 Å². The minimum atomic E-state index is -0.668. The number of primary amides is 1. The van der Waals surface area contributed by atoms with E-state index in [-0.39, 0.29) is 0 Å². The molecule has 0 fully saturated rings. The SMILES string of the molecule is C=CCCCCC[C@H](NC(=O)OC(C)(C)C)C(N)=O. The van der Waals surface area contributed by atoms with Crippen LogP contribution in [0, 0.1) is 0 Å². The normalized spacial score (nSPS) is 12.6. The number of hydrogen-bond donors (Lipinski definition) is 2. The molecule has 0 aromatic rings. The van der Waals surface area contributed by atoms with Gasteiger partial charge in [-0.05, 0) is 40.0 Å². The highest BCUT2D eigenvalue weighted by Crippen LogP contribution is 2.09. The molecule has 5 nitrogen and oxygen atoms in total. The third-order valence-electron chi connectivity index (χ3n) is 2.44. The standard InChI is InChI=1S/C14H26N2O3/c1-5-6-7-8-9-10-11(12(15)17)16-13(18)19-14(2,3)4/h5,11H,1,6-10H2,2-4H3,(H2,15,17)(H,16,18)/t11-/m0/s1. The van der Waals surface area contributed by atoms with Crippen molar-refractivity contribution >= 4 is 12.0 Å². The summed E-state index contributed by atoms with van der Waals surface area (Å²) < 4.78 is 5.09. The quantitative estimate of drug-likeness (QED) is 0.525. The second kappa shape index (κ2) is 8.56. The highest BCUT2D eigenvalue weighted by atomic mass is 16.6. The fourth-order valence-corrected chi connectivity index (χ4v) is 1.55. The average molecular weight is 270 g/mol. The zero-order valence-electron chi connectivity index (χ0n) is 12.2. The molecule has 0 heterocycles. The minimum Gasteiger partial charge on any atom is -0.444 e. The van der Waals surface area contributed by atoms with Crippen LogP contribution in [0.3, 0.4) is 0 Å². The molecule has 0 aliphatic rings. The summed E-state index contributed by atoms with van der Waals surface area (Å²) in [6.45, 7) is 8.94. The summed E-state index contributed by atoms with van der Waals surface area (Å²) in [6, 6.07) is -0.668. The van der Waals surface area contributed by atoms with Crippen molar-refractivity contribution in [1.29, 1.82) is 0 Å². The van der Waals surface area contributed by atoms with Gasteiger partial charge >= 0.3 is 6.09 Å².